The Morgan fingerprint density at radius 2 is 2.12 bits per heavy atom. The molecule has 3 aromatic rings. The molecule has 9 heteroatoms. The lowest BCUT2D eigenvalue weighted by Crippen LogP contribution is -2.31. The summed E-state index contributed by atoms with van der Waals surface area (Å²) < 4.78 is 7.27. The van der Waals surface area contributed by atoms with Crippen molar-refractivity contribution in [2.24, 2.45) is 5.92 Å². The van der Waals surface area contributed by atoms with E-state index in [1.165, 1.54) is 0 Å². The molecule has 1 saturated heterocycles. The Bertz CT molecular complexity index is 1130. The third-order valence-electron chi connectivity index (χ3n) is 6.21. The summed E-state index contributed by atoms with van der Waals surface area (Å²) in [6, 6.07) is 8.48. The molecular formula is C25H30ClN5O3. The van der Waals surface area contributed by atoms with Crippen molar-refractivity contribution < 1.29 is 14.6 Å². The zero-order valence-corrected chi connectivity index (χ0v) is 20.1. The predicted molar refractivity (Wildman–Crippen MR) is 131 cm³/mol. The summed E-state index contributed by atoms with van der Waals surface area (Å²) in [4.78, 5) is 22.0. The van der Waals surface area contributed by atoms with Crippen molar-refractivity contribution >= 4 is 23.5 Å². The number of aliphatic hydroxyl groups is 1. The van der Waals surface area contributed by atoms with Gasteiger partial charge in [0.15, 0.2) is 0 Å². The lowest BCUT2D eigenvalue weighted by molar-refractivity contribution is 0.0621. The molecule has 1 amide bonds. The fraction of sp³-hybridized carbons (Fsp3) is 0.400. The third kappa shape index (κ3) is 5.75. The molecular weight excluding hydrogens is 454 g/mol. The highest BCUT2D eigenvalue weighted by Gasteiger charge is 2.22. The van der Waals surface area contributed by atoms with Gasteiger partial charge in [-0.15, -0.1) is 0 Å². The van der Waals surface area contributed by atoms with E-state index in [0.29, 0.717) is 28.3 Å². The zero-order valence-electron chi connectivity index (χ0n) is 19.4. The molecule has 1 aliphatic heterocycles. The SMILES string of the molecule is Cc1cnc(NC(C)C2CCOCC2)nc1-n1ccc(C(=O)N[C@H](CO)c2cccc(Cl)c2)c1. The Morgan fingerprint density at radius 1 is 1.32 bits per heavy atom. The van der Waals surface area contributed by atoms with Crippen molar-refractivity contribution in [3.8, 4) is 5.82 Å². The van der Waals surface area contributed by atoms with E-state index >= 15 is 0 Å². The number of hydrogen-bond acceptors (Lipinski definition) is 6. The van der Waals surface area contributed by atoms with Gasteiger partial charge in [-0.05, 0) is 56.4 Å². The molecule has 1 aliphatic rings. The average Bonchev–Trinajstić information content (AvgIpc) is 3.34. The topological polar surface area (TPSA) is 101 Å². The summed E-state index contributed by atoms with van der Waals surface area (Å²) in [5.41, 5.74) is 2.09. The van der Waals surface area contributed by atoms with Crippen molar-refractivity contribution in [3.63, 3.8) is 0 Å². The van der Waals surface area contributed by atoms with Crippen LogP contribution in [0.5, 0.6) is 0 Å². The average molecular weight is 484 g/mol. The van der Waals surface area contributed by atoms with Gasteiger partial charge in [-0.2, -0.15) is 4.98 Å². The lowest BCUT2D eigenvalue weighted by atomic mass is 9.93. The summed E-state index contributed by atoms with van der Waals surface area (Å²) >= 11 is 6.05. The van der Waals surface area contributed by atoms with Gasteiger partial charge in [-0.1, -0.05) is 23.7 Å². The van der Waals surface area contributed by atoms with Crippen molar-refractivity contribution in [2.75, 3.05) is 25.1 Å². The number of aliphatic hydroxyl groups excluding tert-OH is 1. The van der Waals surface area contributed by atoms with Crippen LogP contribution in [0, 0.1) is 12.8 Å². The molecule has 1 unspecified atom stereocenters. The van der Waals surface area contributed by atoms with Crippen molar-refractivity contribution in [2.45, 2.75) is 38.8 Å². The molecule has 0 radical (unpaired) electrons. The number of nitrogens with zero attached hydrogens (tertiary/aromatic N) is 3. The summed E-state index contributed by atoms with van der Waals surface area (Å²) in [6.07, 6.45) is 7.34. The minimum absolute atomic E-state index is 0.229. The standard InChI is InChI=1S/C25H30ClN5O3/c1-16-13-27-25(28-17(2)18-7-10-34-11-8-18)30-23(16)31-9-6-20(14-31)24(33)29-22(15-32)19-4-3-5-21(26)12-19/h3-6,9,12-14,17-18,22,32H,7-8,10-11,15H2,1-2H3,(H,29,33)(H,27,28,30)/t17?,22-/m1/s1. The first kappa shape index (κ1) is 24.2. The third-order valence-corrected chi connectivity index (χ3v) is 6.45. The highest BCUT2D eigenvalue weighted by atomic mass is 35.5. The van der Waals surface area contributed by atoms with Crippen molar-refractivity contribution in [1.82, 2.24) is 19.9 Å². The molecule has 0 saturated carbocycles. The van der Waals surface area contributed by atoms with Crippen molar-refractivity contribution in [3.05, 3.63) is 70.6 Å². The highest BCUT2D eigenvalue weighted by Crippen LogP contribution is 2.22. The fourth-order valence-electron chi connectivity index (χ4n) is 4.16. The molecule has 3 N–H and O–H groups in total. The van der Waals surface area contributed by atoms with Gasteiger partial charge in [0.2, 0.25) is 5.95 Å². The molecule has 1 aromatic carbocycles. The Labute approximate surface area is 204 Å². The highest BCUT2D eigenvalue weighted by molar-refractivity contribution is 6.30. The summed E-state index contributed by atoms with van der Waals surface area (Å²) in [5, 5.41) is 16.6. The number of benzene rings is 1. The van der Waals surface area contributed by atoms with Crippen LogP contribution in [0.25, 0.3) is 5.82 Å². The second-order valence-corrected chi connectivity index (χ2v) is 9.09. The van der Waals surface area contributed by atoms with Crippen molar-refractivity contribution in [1.29, 1.82) is 0 Å². The lowest BCUT2D eigenvalue weighted by Gasteiger charge is -2.28. The minimum atomic E-state index is -0.558. The van der Waals surface area contributed by atoms with E-state index in [9.17, 15) is 9.90 Å². The van der Waals surface area contributed by atoms with E-state index in [4.69, 9.17) is 21.3 Å². The molecule has 4 rings (SSSR count). The second-order valence-electron chi connectivity index (χ2n) is 8.65. The number of ether oxygens (including phenoxy) is 1. The van der Waals surface area contributed by atoms with Gasteiger partial charge in [0.25, 0.3) is 5.91 Å². The quantitative estimate of drug-likeness (QED) is 0.449. The number of halogens is 1. The van der Waals surface area contributed by atoms with E-state index in [-0.39, 0.29) is 18.6 Å². The fourth-order valence-corrected chi connectivity index (χ4v) is 4.36. The van der Waals surface area contributed by atoms with E-state index in [1.54, 1.807) is 42.9 Å². The minimum Gasteiger partial charge on any atom is -0.394 e. The van der Waals surface area contributed by atoms with Crippen LogP contribution in [0.15, 0.2) is 48.9 Å². The first-order valence-corrected chi connectivity index (χ1v) is 11.9. The van der Waals surface area contributed by atoms with E-state index < -0.39 is 6.04 Å². The number of amides is 1. The van der Waals surface area contributed by atoms with Gasteiger partial charge in [0.05, 0.1) is 18.2 Å². The molecule has 2 aromatic heterocycles. The molecule has 0 bridgehead atoms. The molecule has 8 nitrogen and oxygen atoms in total. The number of rotatable bonds is 8. The normalized spacial score (nSPS) is 16.1. The largest absolute Gasteiger partial charge is 0.394 e. The Morgan fingerprint density at radius 3 is 2.85 bits per heavy atom. The van der Waals surface area contributed by atoms with Crippen LogP contribution in [0.4, 0.5) is 5.95 Å². The molecule has 34 heavy (non-hydrogen) atoms. The van der Waals surface area contributed by atoms with Gasteiger partial charge in [0, 0.05) is 48.4 Å². The van der Waals surface area contributed by atoms with Crippen LogP contribution < -0.4 is 10.6 Å². The Balaban J connectivity index is 1.47. The van der Waals surface area contributed by atoms with E-state index in [2.05, 4.69) is 22.5 Å². The second kappa shape index (κ2) is 11.0. The Kier molecular flexibility index (Phi) is 7.82. The van der Waals surface area contributed by atoms with Crippen LogP contribution in [0.2, 0.25) is 5.02 Å². The summed E-state index contributed by atoms with van der Waals surface area (Å²) in [7, 11) is 0. The monoisotopic (exact) mass is 483 g/mol. The van der Waals surface area contributed by atoms with Gasteiger partial charge < -0.3 is 25.0 Å². The number of carbonyl (C=O) groups excluding carboxylic acids is 1. The smallest absolute Gasteiger partial charge is 0.253 e. The zero-order chi connectivity index (χ0) is 24.1. The van der Waals surface area contributed by atoms with Gasteiger partial charge >= 0.3 is 0 Å². The van der Waals surface area contributed by atoms with Crippen LogP contribution in [0.1, 0.15) is 47.3 Å². The maximum absolute atomic E-state index is 12.9. The predicted octanol–water partition coefficient (Wildman–Crippen LogP) is 3.92. The van der Waals surface area contributed by atoms with E-state index in [1.807, 2.05) is 17.6 Å². The van der Waals surface area contributed by atoms with Crippen LogP contribution in [-0.4, -0.2) is 51.4 Å². The van der Waals surface area contributed by atoms with Crippen LogP contribution >= 0.6 is 11.6 Å². The van der Waals surface area contributed by atoms with Crippen LogP contribution in [0.3, 0.4) is 0 Å². The van der Waals surface area contributed by atoms with E-state index in [0.717, 1.165) is 37.2 Å². The first-order valence-electron chi connectivity index (χ1n) is 11.5. The number of aryl methyl sites for hydroxylation is 1. The number of nitrogens with one attached hydrogen (secondary N) is 2. The molecule has 2 atom stereocenters. The van der Waals surface area contributed by atoms with Gasteiger partial charge in [0.1, 0.15) is 5.82 Å². The maximum atomic E-state index is 12.9. The maximum Gasteiger partial charge on any atom is 0.253 e. The molecule has 0 spiro atoms. The molecule has 3 heterocycles. The van der Waals surface area contributed by atoms with Gasteiger partial charge in [-0.25, -0.2) is 4.98 Å². The number of hydrogen-bond donors (Lipinski definition) is 3. The molecule has 1 fully saturated rings. The number of anilines is 1. The molecule has 180 valence electrons. The first-order chi connectivity index (χ1) is 16.4. The van der Waals surface area contributed by atoms with Gasteiger partial charge in [-0.3, -0.25) is 4.79 Å². The summed E-state index contributed by atoms with van der Waals surface area (Å²) in [5.74, 6) is 1.48. The number of aromatic nitrogens is 3. The molecule has 0 aliphatic carbocycles. The Hall–Kier alpha value is -2.94. The summed E-state index contributed by atoms with van der Waals surface area (Å²) in [6.45, 7) is 5.42. The number of carbonyl (C=O) groups is 1. The van der Waals surface area contributed by atoms with Crippen LogP contribution in [-0.2, 0) is 4.74 Å².